The van der Waals surface area contributed by atoms with Gasteiger partial charge in [0.15, 0.2) is 5.82 Å². The van der Waals surface area contributed by atoms with Crippen LogP contribution in [0.15, 0.2) is 24.4 Å². The average molecular weight is 326 g/mol. The molecule has 0 spiro atoms. The molecular formula is C17H22N6O. The summed E-state index contributed by atoms with van der Waals surface area (Å²) in [6.45, 7) is 8.53. The maximum Gasteiger partial charge on any atom is 0.247 e. The first kappa shape index (κ1) is 16.2. The number of nitrogens with zero attached hydrogens (tertiary/aromatic N) is 5. The van der Waals surface area contributed by atoms with Crippen LogP contribution in [0.1, 0.15) is 18.1 Å². The highest BCUT2D eigenvalue weighted by molar-refractivity contribution is 5.73. The Kier molecular flexibility index (Phi) is 4.59. The molecule has 0 radical (unpaired) electrons. The summed E-state index contributed by atoms with van der Waals surface area (Å²) < 4.78 is 0. The predicted octanol–water partition coefficient (Wildman–Crippen LogP) is 1.90. The molecule has 0 saturated carbocycles. The molecule has 0 aliphatic carbocycles. The maximum atomic E-state index is 11.4. The monoisotopic (exact) mass is 326 g/mol. The summed E-state index contributed by atoms with van der Waals surface area (Å²) in [5.41, 5.74) is 3.36. The second-order valence-corrected chi connectivity index (χ2v) is 6.03. The normalized spacial score (nSPS) is 14.6. The molecule has 0 atom stereocenters. The van der Waals surface area contributed by atoms with Crippen LogP contribution in [0.3, 0.4) is 0 Å². The van der Waals surface area contributed by atoms with Crippen molar-refractivity contribution in [3.63, 3.8) is 0 Å². The van der Waals surface area contributed by atoms with Gasteiger partial charge in [-0.05, 0) is 25.0 Å². The van der Waals surface area contributed by atoms with Gasteiger partial charge >= 0.3 is 0 Å². The summed E-state index contributed by atoms with van der Waals surface area (Å²) in [7, 11) is 0. The van der Waals surface area contributed by atoms with Crippen molar-refractivity contribution in [3.05, 3.63) is 35.5 Å². The lowest BCUT2D eigenvalue weighted by Crippen LogP contribution is -2.48. The molecular weight excluding hydrogens is 304 g/mol. The zero-order chi connectivity index (χ0) is 17.1. The highest BCUT2D eigenvalue weighted by Gasteiger charge is 2.21. The summed E-state index contributed by atoms with van der Waals surface area (Å²) in [5, 5.41) is 11.6. The van der Waals surface area contributed by atoms with Gasteiger partial charge in [-0.2, -0.15) is 10.1 Å². The van der Waals surface area contributed by atoms with E-state index in [2.05, 4.69) is 51.4 Å². The summed E-state index contributed by atoms with van der Waals surface area (Å²) in [6.07, 6.45) is 1.63. The van der Waals surface area contributed by atoms with Gasteiger partial charge in [0.2, 0.25) is 11.9 Å². The van der Waals surface area contributed by atoms with E-state index in [9.17, 15) is 4.79 Å². The van der Waals surface area contributed by atoms with Crippen LogP contribution in [0.4, 0.5) is 17.5 Å². The molecule has 3 rings (SSSR count). The molecule has 2 aromatic rings. The number of amides is 1. The van der Waals surface area contributed by atoms with E-state index in [0.717, 1.165) is 16.8 Å². The Morgan fingerprint density at radius 1 is 1.12 bits per heavy atom. The highest BCUT2D eigenvalue weighted by atomic mass is 16.2. The van der Waals surface area contributed by atoms with Crippen LogP contribution in [0.25, 0.3) is 0 Å². The maximum absolute atomic E-state index is 11.4. The van der Waals surface area contributed by atoms with Crippen LogP contribution in [-0.2, 0) is 4.79 Å². The second-order valence-electron chi connectivity index (χ2n) is 6.03. The van der Waals surface area contributed by atoms with E-state index in [1.807, 2.05) is 11.0 Å². The Balaban J connectivity index is 1.74. The fourth-order valence-electron chi connectivity index (χ4n) is 2.85. The van der Waals surface area contributed by atoms with E-state index in [4.69, 9.17) is 0 Å². The zero-order valence-electron chi connectivity index (χ0n) is 14.3. The first-order valence-corrected chi connectivity index (χ1v) is 8.08. The number of para-hydroxylation sites is 1. The van der Waals surface area contributed by atoms with Crippen molar-refractivity contribution in [2.45, 2.75) is 20.8 Å². The van der Waals surface area contributed by atoms with Crippen molar-refractivity contribution in [2.75, 3.05) is 36.4 Å². The standard InChI is InChI=1S/C17H22N6O/c1-12-5-4-6-13(2)16(12)19-15-11-18-21-17(20-15)23-9-7-22(8-10-23)14(3)24/h4-6,11H,7-10H2,1-3H3,(H,19,20,21). The van der Waals surface area contributed by atoms with E-state index in [1.165, 1.54) is 0 Å². The summed E-state index contributed by atoms with van der Waals surface area (Å²) >= 11 is 0. The molecule has 1 amide bonds. The van der Waals surface area contributed by atoms with Crippen LogP contribution < -0.4 is 10.2 Å². The van der Waals surface area contributed by atoms with Gasteiger partial charge in [-0.3, -0.25) is 4.79 Å². The lowest BCUT2D eigenvalue weighted by atomic mass is 10.1. The van der Waals surface area contributed by atoms with Crippen LogP contribution in [0.2, 0.25) is 0 Å². The largest absolute Gasteiger partial charge is 0.339 e. The molecule has 1 aromatic carbocycles. The Morgan fingerprint density at radius 2 is 1.79 bits per heavy atom. The van der Waals surface area contributed by atoms with Crippen LogP contribution in [0.5, 0.6) is 0 Å². The highest BCUT2D eigenvalue weighted by Crippen LogP contribution is 2.23. The quantitative estimate of drug-likeness (QED) is 0.928. The Hall–Kier alpha value is -2.70. The average Bonchev–Trinajstić information content (AvgIpc) is 2.59. The van der Waals surface area contributed by atoms with E-state index in [1.54, 1.807) is 13.1 Å². The van der Waals surface area contributed by atoms with Crippen molar-refractivity contribution in [3.8, 4) is 0 Å². The van der Waals surface area contributed by atoms with Gasteiger partial charge in [0.05, 0.1) is 6.20 Å². The van der Waals surface area contributed by atoms with E-state index < -0.39 is 0 Å². The number of benzene rings is 1. The van der Waals surface area contributed by atoms with Gasteiger partial charge in [-0.15, -0.1) is 5.10 Å². The topological polar surface area (TPSA) is 74.2 Å². The molecule has 1 aromatic heterocycles. The molecule has 7 nitrogen and oxygen atoms in total. The number of nitrogens with one attached hydrogen (secondary N) is 1. The minimum Gasteiger partial charge on any atom is -0.339 e. The third kappa shape index (κ3) is 3.45. The molecule has 1 fully saturated rings. The Morgan fingerprint density at radius 3 is 2.42 bits per heavy atom. The zero-order valence-corrected chi connectivity index (χ0v) is 14.3. The van der Waals surface area contributed by atoms with Crippen molar-refractivity contribution in [1.82, 2.24) is 20.1 Å². The summed E-state index contributed by atoms with van der Waals surface area (Å²) in [6, 6.07) is 6.16. The number of hydrogen-bond donors (Lipinski definition) is 1. The number of carbonyl (C=O) groups excluding carboxylic acids is 1. The fourth-order valence-corrected chi connectivity index (χ4v) is 2.85. The molecule has 0 unspecified atom stereocenters. The second kappa shape index (κ2) is 6.82. The third-order valence-corrected chi connectivity index (χ3v) is 4.29. The van der Waals surface area contributed by atoms with Crippen LogP contribution >= 0.6 is 0 Å². The molecule has 1 N–H and O–H groups in total. The number of hydrogen-bond acceptors (Lipinski definition) is 6. The third-order valence-electron chi connectivity index (χ3n) is 4.29. The number of aromatic nitrogens is 3. The van der Waals surface area contributed by atoms with E-state index in [-0.39, 0.29) is 5.91 Å². The van der Waals surface area contributed by atoms with Crippen molar-refractivity contribution < 1.29 is 4.79 Å². The van der Waals surface area contributed by atoms with Crippen molar-refractivity contribution in [2.24, 2.45) is 0 Å². The Bertz CT molecular complexity index is 719. The fraction of sp³-hybridized carbons (Fsp3) is 0.412. The molecule has 1 aliphatic rings. The van der Waals surface area contributed by atoms with Crippen LogP contribution in [-0.4, -0.2) is 52.2 Å². The van der Waals surface area contributed by atoms with Crippen molar-refractivity contribution in [1.29, 1.82) is 0 Å². The molecule has 24 heavy (non-hydrogen) atoms. The van der Waals surface area contributed by atoms with Gasteiger partial charge < -0.3 is 15.1 Å². The molecule has 7 heteroatoms. The summed E-state index contributed by atoms with van der Waals surface area (Å²) in [5.74, 6) is 1.37. The minimum atomic E-state index is 0.110. The van der Waals surface area contributed by atoms with Gasteiger partial charge in [-0.25, -0.2) is 0 Å². The van der Waals surface area contributed by atoms with Gasteiger partial charge in [0.1, 0.15) is 0 Å². The number of piperazine rings is 1. The molecule has 0 bridgehead atoms. The molecule has 1 aliphatic heterocycles. The molecule has 2 heterocycles. The number of anilines is 3. The number of carbonyl (C=O) groups is 1. The molecule has 126 valence electrons. The van der Waals surface area contributed by atoms with E-state index >= 15 is 0 Å². The first-order valence-electron chi connectivity index (χ1n) is 8.08. The van der Waals surface area contributed by atoms with E-state index in [0.29, 0.717) is 37.9 Å². The summed E-state index contributed by atoms with van der Waals surface area (Å²) in [4.78, 5) is 19.9. The molecule has 1 saturated heterocycles. The minimum absolute atomic E-state index is 0.110. The smallest absolute Gasteiger partial charge is 0.247 e. The van der Waals surface area contributed by atoms with Gasteiger partial charge in [0, 0.05) is 38.8 Å². The van der Waals surface area contributed by atoms with Crippen molar-refractivity contribution >= 4 is 23.4 Å². The van der Waals surface area contributed by atoms with Crippen LogP contribution in [0, 0.1) is 13.8 Å². The van der Waals surface area contributed by atoms with Gasteiger partial charge in [-0.1, -0.05) is 18.2 Å². The Labute approximate surface area is 141 Å². The number of rotatable bonds is 3. The number of aryl methyl sites for hydroxylation is 2. The lowest BCUT2D eigenvalue weighted by molar-refractivity contribution is -0.129. The van der Waals surface area contributed by atoms with Gasteiger partial charge in [0.25, 0.3) is 0 Å². The SMILES string of the molecule is CC(=O)N1CCN(c2nncc(Nc3c(C)cccc3C)n2)CC1. The first-order chi connectivity index (χ1) is 11.5. The predicted molar refractivity (Wildman–Crippen MR) is 93.5 cm³/mol. The lowest BCUT2D eigenvalue weighted by Gasteiger charge is -2.33.